The number of aromatic nitrogens is 1. The third kappa shape index (κ3) is 2.57. The molecule has 0 aliphatic rings. The van der Waals surface area contributed by atoms with E-state index in [-0.39, 0.29) is 5.82 Å². The Labute approximate surface area is 98.1 Å². The molecule has 2 N–H and O–H groups in total. The van der Waals surface area contributed by atoms with E-state index in [9.17, 15) is 10.1 Å². The van der Waals surface area contributed by atoms with Crippen molar-refractivity contribution in [2.75, 3.05) is 5.73 Å². The Balaban J connectivity index is 2.37. The van der Waals surface area contributed by atoms with Crippen molar-refractivity contribution in [3.63, 3.8) is 0 Å². The van der Waals surface area contributed by atoms with Crippen molar-refractivity contribution in [2.45, 2.75) is 6.42 Å². The van der Waals surface area contributed by atoms with Gasteiger partial charge in [0.1, 0.15) is 0 Å². The van der Waals surface area contributed by atoms with Crippen molar-refractivity contribution < 1.29 is 4.92 Å². The van der Waals surface area contributed by atoms with E-state index in [0.717, 1.165) is 5.56 Å². The maximum atomic E-state index is 10.8. The van der Waals surface area contributed by atoms with Crippen LogP contribution in [0.3, 0.4) is 0 Å². The zero-order chi connectivity index (χ0) is 12.3. The number of nitrogen functional groups attached to an aromatic ring is 1. The molecule has 0 saturated carbocycles. The third-order valence-electron chi connectivity index (χ3n) is 2.37. The molecule has 0 aliphatic heterocycles. The fourth-order valence-corrected chi connectivity index (χ4v) is 1.63. The smallest absolute Gasteiger partial charge is 0.367 e. The Morgan fingerprint density at radius 2 is 2.00 bits per heavy atom. The number of nitrogens with two attached hydrogens (primary N) is 1. The van der Waals surface area contributed by atoms with Gasteiger partial charge in [0.25, 0.3) is 0 Å². The molecule has 0 aliphatic carbocycles. The van der Waals surface area contributed by atoms with Gasteiger partial charge in [-0.05, 0) is 21.5 Å². The number of hydrogen-bond acceptors (Lipinski definition) is 4. The molecule has 0 fully saturated rings. The van der Waals surface area contributed by atoms with Gasteiger partial charge in [-0.15, -0.1) is 0 Å². The fourth-order valence-electron chi connectivity index (χ4n) is 1.63. The van der Waals surface area contributed by atoms with Crippen LogP contribution in [0.2, 0.25) is 0 Å². The van der Waals surface area contributed by atoms with Gasteiger partial charge < -0.3 is 15.8 Å². The second-order valence-electron chi connectivity index (χ2n) is 3.67. The van der Waals surface area contributed by atoms with Crippen LogP contribution >= 0.6 is 0 Å². The number of hydrogen-bond donors (Lipinski definition) is 1. The summed E-state index contributed by atoms with van der Waals surface area (Å²) in [5.41, 5.74) is 7.55. The largest absolute Gasteiger partial charge is 0.396 e. The van der Waals surface area contributed by atoms with Crippen molar-refractivity contribution in [1.29, 1.82) is 0 Å². The molecule has 0 unspecified atom stereocenters. The van der Waals surface area contributed by atoms with Crippen molar-refractivity contribution in [3.05, 3.63) is 63.8 Å². The summed E-state index contributed by atoms with van der Waals surface area (Å²) >= 11 is 0. The molecule has 17 heavy (non-hydrogen) atoms. The van der Waals surface area contributed by atoms with Crippen LogP contribution in [0.25, 0.3) is 0 Å². The van der Waals surface area contributed by atoms with Gasteiger partial charge in [0, 0.05) is 6.42 Å². The fraction of sp³-hybridized carbons (Fsp3) is 0.0833. The summed E-state index contributed by atoms with van der Waals surface area (Å²) in [6.45, 7) is 0. The zero-order valence-electron chi connectivity index (χ0n) is 9.04. The van der Waals surface area contributed by atoms with Crippen molar-refractivity contribution in [1.82, 2.24) is 4.98 Å². The second kappa shape index (κ2) is 4.61. The number of nitrogens with zero attached hydrogens (tertiary/aromatic N) is 2. The van der Waals surface area contributed by atoms with Gasteiger partial charge in [0.15, 0.2) is 6.20 Å². The summed E-state index contributed by atoms with van der Waals surface area (Å²) < 4.78 is 0. The Morgan fingerprint density at radius 3 is 2.65 bits per heavy atom. The summed E-state index contributed by atoms with van der Waals surface area (Å²) in [6.07, 6.45) is 1.75. The summed E-state index contributed by atoms with van der Waals surface area (Å²) in [5, 5.41) is 10.8. The van der Waals surface area contributed by atoms with Gasteiger partial charge in [-0.2, -0.15) is 0 Å². The third-order valence-corrected chi connectivity index (χ3v) is 2.37. The number of benzene rings is 1. The molecular weight excluding hydrogens is 218 g/mol. The maximum Gasteiger partial charge on any atom is 0.367 e. The lowest BCUT2D eigenvalue weighted by atomic mass is 10.1. The van der Waals surface area contributed by atoms with Crippen molar-refractivity contribution in [3.8, 4) is 0 Å². The summed E-state index contributed by atoms with van der Waals surface area (Å²) in [6, 6.07) is 11.1. The molecule has 1 aromatic carbocycles. The van der Waals surface area contributed by atoms with Gasteiger partial charge in [-0.25, -0.2) is 0 Å². The number of nitro groups is 1. The van der Waals surface area contributed by atoms with E-state index in [4.69, 9.17) is 5.73 Å². The lowest BCUT2D eigenvalue weighted by Crippen LogP contribution is -2.01. The van der Waals surface area contributed by atoms with Crippen LogP contribution in [0.5, 0.6) is 0 Å². The van der Waals surface area contributed by atoms with E-state index in [2.05, 4.69) is 4.98 Å². The predicted octanol–water partition coefficient (Wildman–Crippen LogP) is 2.16. The molecule has 86 valence electrons. The number of rotatable bonds is 3. The predicted molar refractivity (Wildman–Crippen MR) is 64.6 cm³/mol. The lowest BCUT2D eigenvalue weighted by molar-refractivity contribution is -0.390. The first-order valence-electron chi connectivity index (χ1n) is 5.09. The lowest BCUT2D eigenvalue weighted by Gasteiger charge is -2.03. The van der Waals surface area contributed by atoms with Gasteiger partial charge >= 0.3 is 5.82 Å². The molecule has 1 aromatic heterocycles. The molecule has 1 heterocycles. The topological polar surface area (TPSA) is 82.0 Å². The second-order valence-corrected chi connectivity index (χ2v) is 3.67. The molecule has 0 saturated heterocycles. The van der Waals surface area contributed by atoms with E-state index >= 15 is 0 Å². The van der Waals surface area contributed by atoms with E-state index in [1.54, 1.807) is 6.07 Å². The Kier molecular flexibility index (Phi) is 3.00. The molecule has 2 aromatic rings. The molecule has 2 rings (SSSR count). The van der Waals surface area contributed by atoms with Crippen LogP contribution in [-0.2, 0) is 6.42 Å². The minimum Gasteiger partial charge on any atom is -0.396 e. The molecule has 0 bridgehead atoms. The SMILES string of the molecule is Nc1cnc([N+](=O)[O-])c(Cc2ccccc2)c1. The molecule has 0 amide bonds. The van der Waals surface area contributed by atoms with E-state index in [1.807, 2.05) is 30.3 Å². The number of pyridine rings is 1. The van der Waals surface area contributed by atoms with Crippen LogP contribution in [0.4, 0.5) is 11.5 Å². The average molecular weight is 229 g/mol. The number of anilines is 1. The summed E-state index contributed by atoms with van der Waals surface area (Å²) in [5.74, 6) is -0.136. The van der Waals surface area contributed by atoms with Crippen molar-refractivity contribution in [2.24, 2.45) is 0 Å². The van der Waals surface area contributed by atoms with Crippen LogP contribution in [0, 0.1) is 10.1 Å². The van der Waals surface area contributed by atoms with Crippen molar-refractivity contribution >= 4 is 11.5 Å². The zero-order valence-corrected chi connectivity index (χ0v) is 9.04. The van der Waals surface area contributed by atoms with Gasteiger partial charge in [0.05, 0.1) is 11.3 Å². The highest BCUT2D eigenvalue weighted by Gasteiger charge is 2.15. The Bertz CT molecular complexity index is 541. The van der Waals surface area contributed by atoms with E-state index in [0.29, 0.717) is 17.7 Å². The van der Waals surface area contributed by atoms with E-state index in [1.165, 1.54) is 6.20 Å². The monoisotopic (exact) mass is 229 g/mol. The van der Waals surface area contributed by atoms with Crippen LogP contribution in [0.1, 0.15) is 11.1 Å². The molecule has 0 spiro atoms. The molecule has 0 atom stereocenters. The van der Waals surface area contributed by atoms with Crippen LogP contribution in [-0.4, -0.2) is 9.91 Å². The highest BCUT2D eigenvalue weighted by Crippen LogP contribution is 2.21. The molecule has 5 nitrogen and oxygen atoms in total. The quantitative estimate of drug-likeness (QED) is 0.645. The highest BCUT2D eigenvalue weighted by molar-refractivity contribution is 5.47. The normalized spacial score (nSPS) is 10.1. The first-order chi connectivity index (χ1) is 8.16. The maximum absolute atomic E-state index is 10.8. The van der Waals surface area contributed by atoms with Gasteiger partial charge in [-0.3, -0.25) is 0 Å². The Hall–Kier alpha value is -2.43. The standard InChI is InChI=1S/C12H11N3O2/c13-11-7-10(12(14-8-11)15(16)17)6-9-4-2-1-3-5-9/h1-5,7-8H,6,13H2. The minimum atomic E-state index is -0.488. The summed E-state index contributed by atoms with van der Waals surface area (Å²) in [4.78, 5) is 14.1. The molecule has 0 radical (unpaired) electrons. The first kappa shape index (κ1) is 11.1. The van der Waals surface area contributed by atoms with Crippen LogP contribution < -0.4 is 5.73 Å². The van der Waals surface area contributed by atoms with Gasteiger partial charge in [-0.1, -0.05) is 30.3 Å². The minimum absolute atomic E-state index is 0.136. The summed E-state index contributed by atoms with van der Waals surface area (Å²) in [7, 11) is 0. The Morgan fingerprint density at radius 1 is 1.29 bits per heavy atom. The van der Waals surface area contributed by atoms with Gasteiger partial charge in [0.2, 0.25) is 0 Å². The average Bonchev–Trinajstić information content (AvgIpc) is 2.30. The first-order valence-corrected chi connectivity index (χ1v) is 5.09. The molecular formula is C12H11N3O2. The highest BCUT2D eigenvalue weighted by atomic mass is 16.6. The van der Waals surface area contributed by atoms with Crippen LogP contribution in [0.15, 0.2) is 42.6 Å². The molecule has 5 heteroatoms. The van der Waals surface area contributed by atoms with E-state index < -0.39 is 4.92 Å².